The van der Waals surface area contributed by atoms with E-state index in [-0.39, 0.29) is 17.9 Å². The van der Waals surface area contributed by atoms with Gasteiger partial charge in [-0.2, -0.15) is 0 Å². The summed E-state index contributed by atoms with van der Waals surface area (Å²) < 4.78 is 0. The largest absolute Gasteiger partial charge is 0.369 e. The van der Waals surface area contributed by atoms with Gasteiger partial charge in [0.1, 0.15) is 0 Å². The van der Waals surface area contributed by atoms with Crippen molar-refractivity contribution in [1.82, 2.24) is 9.80 Å². The van der Waals surface area contributed by atoms with Gasteiger partial charge in [0, 0.05) is 44.3 Å². The van der Waals surface area contributed by atoms with Crippen LogP contribution in [0.2, 0.25) is 0 Å². The summed E-state index contributed by atoms with van der Waals surface area (Å²) in [4.78, 5) is 19.1. The van der Waals surface area contributed by atoms with Gasteiger partial charge in [0.25, 0.3) is 0 Å². The Labute approximate surface area is 186 Å². The number of nitrogens with zero attached hydrogens (tertiary/aromatic N) is 3. The number of hydrogen-bond donors (Lipinski definition) is 1. The Bertz CT molecular complexity index is 890. The molecule has 166 valence electrons. The number of amides is 1. The molecule has 0 aromatic heterocycles. The van der Waals surface area contributed by atoms with Crippen LogP contribution in [-0.2, 0) is 11.3 Å². The molecule has 31 heavy (non-hydrogen) atoms. The molecule has 4 rings (SSSR count). The quantitative estimate of drug-likeness (QED) is 0.807. The average molecular weight is 421 g/mol. The Morgan fingerprint density at radius 2 is 1.71 bits per heavy atom. The molecule has 1 fully saturated rings. The SMILES string of the molecule is CC(C)C(C(N)=O)N1CCN(c2ccc3c(c2)CN(C)CCC3c2ccccc2)CC1. The van der Waals surface area contributed by atoms with Crippen LogP contribution in [0.25, 0.3) is 0 Å². The lowest BCUT2D eigenvalue weighted by atomic mass is 9.86. The molecule has 2 atom stereocenters. The number of rotatable bonds is 5. The Balaban J connectivity index is 1.54. The first-order valence-electron chi connectivity index (χ1n) is 11.6. The van der Waals surface area contributed by atoms with Gasteiger partial charge in [-0.25, -0.2) is 0 Å². The first-order valence-corrected chi connectivity index (χ1v) is 11.6. The molecule has 0 saturated carbocycles. The highest BCUT2D eigenvalue weighted by atomic mass is 16.1. The van der Waals surface area contributed by atoms with E-state index in [0.717, 1.165) is 45.7 Å². The van der Waals surface area contributed by atoms with Crippen molar-refractivity contribution in [3.8, 4) is 0 Å². The van der Waals surface area contributed by atoms with Gasteiger partial charge in [-0.1, -0.05) is 50.2 Å². The van der Waals surface area contributed by atoms with Gasteiger partial charge in [-0.05, 0) is 54.8 Å². The summed E-state index contributed by atoms with van der Waals surface area (Å²) in [5.41, 5.74) is 11.3. The third-order valence-electron chi connectivity index (χ3n) is 6.94. The molecule has 2 aromatic rings. The first-order chi connectivity index (χ1) is 14.9. The number of nitrogens with two attached hydrogens (primary N) is 1. The van der Waals surface area contributed by atoms with Crippen LogP contribution in [0.5, 0.6) is 0 Å². The van der Waals surface area contributed by atoms with E-state index in [9.17, 15) is 4.79 Å². The van der Waals surface area contributed by atoms with Crippen LogP contribution in [0.3, 0.4) is 0 Å². The lowest BCUT2D eigenvalue weighted by Crippen LogP contribution is -2.56. The molecule has 5 nitrogen and oxygen atoms in total. The normalized spacial score (nSPS) is 21.5. The van der Waals surface area contributed by atoms with Crippen LogP contribution in [0.1, 0.15) is 42.9 Å². The second kappa shape index (κ2) is 9.41. The molecule has 2 N–H and O–H groups in total. The first kappa shape index (κ1) is 21.8. The fourth-order valence-corrected chi connectivity index (χ4v) is 5.36. The zero-order valence-electron chi connectivity index (χ0n) is 19.1. The van der Waals surface area contributed by atoms with Crippen molar-refractivity contribution in [2.24, 2.45) is 11.7 Å². The van der Waals surface area contributed by atoms with E-state index >= 15 is 0 Å². The zero-order valence-corrected chi connectivity index (χ0v) is 19.1. The molecule has 0 radical (unpaired) electrons. The van der Waals surface area contributed by atoms with Crippen LogP contribution in [-0.4, -0.2) is 61.5 Å². The molecule has 0 spiro atoms. The number of benzene rings is 2. The molecule has 2 aliphatic rings. The van der Waals surface area contributed by atoms with Gasteiger partial charge in [0.2, 0.25) is 5.91 Å². The Morgan fingerprint density at radius 1 is 1.00 bits per heavy atom. The van der Waals surface area contributed by atoms with Crippen LogP contribution in [0, 0.1) is 5.92 Å². The Morgan fingerprint density at radius 3 is 2.35 bits per heavy atom. The van der Waals surface area contributed by atoms with E-state index in [1.807, 2.05) is 0 Å². The molecule has 2 unspecified atom stereocenters. The van der Waals surface area contributed by atoms with Crippen molar-refractivity contribution < 1.29 is 4.79 Å². The van der Waals surface area contributed by atoms with Crippen LogP contribution >= 0.6 is 0 Å². The fourth-order valence-electron chi connectivity index (χ4n) is 5.36. The summed E-state index contributed by atoms with van der Waals surface area (Å²) in [7, 11) is 2.22. The van der Waals surface area contributed by atoms with Crippen LogP contribution < -0.4 is 10.6 Å². The van der Waals surface area contributed by atoms with E-state index in [1.165, 1.54) is 22.4 Å². The molecule has 2 heterocycles. The van der Waals surface area contributed by atoms with E-state index < -0.39 is 0 Å². The molecular formula is C26H36N4O. The summed E-state index contributed by atoms with van der Waals surface area (Å²) in [5.74, 6) is 0.486. The van der Waals surface area contributed by atoms with E-state index in [2.05, 4.69) is 84.1 Å². The highest BCUT2D eigenvalue weighted by Gasteiger charge is 2.30. The second-order valence-corrected chi connectivity index (χ2v) is 9.49. The topological polar surface area (TPSA) is 52.8 Å². The number of primary amides is 1. The predicted molar refractivity (Wildman–Crippen MR) is 127 cm³/mol. The van der Waals surface area contributed by atoms with Crippen molar-refractivity contribution in [2.75, 3.05) is 44.7 Å². The highest BCUT2D eigenvalue weighted by Crippen LogP contribution is 2.35. The van der Waals surface area contributed by atoms with Crippen molar-refractivity contribution in [1.29, 1.82) is 0 Å². The minimum absolute atomic E-state index is 0.172. The number of anilines is 1. The summed E-state index contributed by atoms with van der Waals surface area (Å²) in [5, 5.41) is 0. The molecule has 0 bridgehead atoms. The number of hydrogen-bond acceptors (Lipinski definition) is 4. The second-order valence-electron chi connectivity index (χ2n) is 9.49. The predicted octanol–water partition coefficient (Wildman–Crippen LogP) is 3.29. The maximum Gasteiger partial charge on any atom is 0.235 e. The number of carbonyl (C=O) groups excluding carboxylic acids is 1. The van der Waals surface area contributed by atoms with Crippen LogP contribution in [0.4, 0.5) is 5.69 Å². The maximum absolute atomic E-state index is 11.9. The van der Waals surface area contributed by atoms with Crippen molar-refractivity contribution in [3.63, 3.8) is 0 Å². The molecule has 1 saturated heterocycles. The third-order valence-corrected chi connectivity index (χ3v) is 6.94. The fraction of sp³-hybridized carbons (Fsp3) is 0.500. The minimum atomic E-state index is -0.205. The number of fused-ring (bicyclic) bond motifs is 1. The standard InChI is InChI=1S/C26H36N4O/c1-19(2)25(26(27)31)30-15-13-29(14-16-30)22-9-10-23-21(17-22)18-28(3)12-11-24(23)20-7-5-4-6-8-20/h4-10,17,19,24-25H,11-16,18H2,1-3H3,(H2,27,31). The van der Waals surface area contributed by atoms with Gasteiger partial charge in [0.05, 0.1) is 6.04 Å². The zero-order chi connectivity index (χ0) is 22.0. The van der Waals surface area contributed by atoms with E-state index in [4.69, 9.17) is 5.73 Å². The van der Waals surface area contributed by atoms with E-state index in [0.29, 0.717) is 5.92 Å². The molecule has 1 amide bonds. The van der Waals surface area contributed by atoms with E-state index in [1.54, 1.807) is 0 Å². The molecule has 2 aliphatic heterocycles. The Kier molecular flexibility index (Phi) is 6.63. The lowest BCUT2D eigenvalue weighted by molar-refractivity contribution is -0.124. The van der Waals surface area contributed by atoms with Gasteiger partial charge in [-0.3, -0.25) is 9.69 Å². The van der Waals surface area contributed by atoms with Gasteiger partial charge in [0.15, 0.2) is 0 Å². The highest BCUT2D eigenvalue weighted by molar-refractivity contribution is 5.80. The smallest absolute Gasteiger partial charge is 0.235 e. The third kappa shape index (κ3) is 4.78. The van der Waals surface area contributed by atoms with Crippen molar-refractivity contribution in [3.05, 3.63) is 65.2 Å². The monoisotopic (exact) mass is 420 g/mol. The number of carbonyl (C=O) groups is 1. The average Bonchev–Trinajstić information content (AvgIpc) is 2.92. The number of piperazine rings is 1. The molecular weight excluding hydrogens is 384 g/mol. The summed E-state index contributed by atoms with van der Waals surface area (Å²) >= 11 is 0. The Hall–Kier alpha value is -2.37. The van der Waals surface area contributed by atoms with Gasteiger partial charge < -0.3 is 15.5 Å². The summed E-state index contributed by atoms with van der Waals surface area (Å²) in [6.45, 7) is 9.84. The van der Waals surface area contributed by atoms with Crippen LogP contribution in [0.15, 0.2) is 48.5 Å². The lowest BCUT2D eigenvalue weighted by Gasteiger charge is -2.40. The summed E-state index contributed by atoms with van der Waals surface area (Å²) in [6, 6.07) is 17.8. The molecule has 2 aromatic carbocycles. The van der Waals surface area contributed by atoms with Gasteiger partial charge >= 0.3 is 0 Å². The minimum Gasteiger partial charge on any atom is -0.369 e. The van der Waals surface area contributed by atoms with Crippen molar-refractivity contribution >= 4 is 11.6 Å². The molecule has 5 heteroatoms. The van der Waals surface area contributed by atoms with Crippen molar-refractivity contribution in [2.45, 2.75) is 38.8 Å². The maximum atomic E-state index is 11.9. The summed E-state index contributed by atoms with van der Waals surface area (Å²) in [6.07, 6.45) is 1.15. The molecule has 0 aliphatic carbocycles. The van der Waals surface area contributed by atoms with Gasteiger partial charge in [-0.15, -0.1) is 0 Å².